The van der Waals surface area contributed by atoms with E-state index in [2.05, 4.69) is 10.4 Å². The van der Waals surface area contributed by atoms with Crippen LogP contribution in [0.4, 0.5) is 0 Å². The lowest BCUT2D eigenvalue weighted by atomic mass is 10.1. The predicted octanol–water partition coefficient (Wildman–Crippen LogP) is 0.232. The van der Waals surface area contributed by atoms with Gasteiger partial charge in [-0.25, -0.2) is 0 Å². The topological polar surface area (TPSA) is 60.2 Å². The van der Waals surface area contributed by atoms with Gasteiger partial charge >= 0.3 is 0 Å². The van der Waals surface area contributed by atoms with Crippen molar-refractivity contribution in [2.24, 2.45) is 5.84 Å². The molecule has 4 nitrogen and oxygen atoms in total. The average Bonchev–Trinajstić information content (AvgIpc) is 2.15. The van der Waals surface area contributed by atoms with Crippen LogP contribution >= 0.6 is 0 Å². The molecule has 0 radical (unpaired) electrons. The molecule has 0 bridgehead atoms. The van der Waals surface area contributed by atoms with Crippen LogP contribution in [0.5, 0.6) is 0 Å². The first-order chi connectivity index (χ1) is 5.88. The summed E-state index contributed by atoms with van der Waals surface area (Å²) in [4.78, 5) is 3.98. The fourth-order valence-corrected chi connectivity index (χ4v) is 0.989. The number of nitrogens with one attached hydrogen (secondary N) is 1. The molecule has 1 rings (SSSR count). The lowest BCUT2D eigenvalue weighted by Crippen LogP contribution is -2.31. The number of hydrogen-bond donors (Lipinski definition) is 2. The van der Waals surface area contributed by atoms with Crippen molar-refractivity contribution in [1.29, 1.82) is 0 Å². The number of nitrogens with two attached hydrogens (primary N) is 1. The number of nitrogens with zero attached hydrogens (tertiary/aromatic N) is 1. The summed E-state index contributed by atoms with van der Waals surface area (Å²) < 4.78 is 4.98. The van der Waals surface area contributed by atoms with Crippen LogP contribution in [0.2, 0.25) is 0 Å². The van der Waals surface area contributed by atoms with Gasteiger partial charge in [-0.05, 0) is 11.6 Å². The van der Waals surface area contributed by atoms with Crippen molar-refractivity contribution in [1.82, 2.24) is 10.4 Å². The number of aromatic nitrogens is 1. The maximum absolute atomic E-state index is 5.33. The first kappa shape index (κ1) is 9.12. The Morgan fingerprint density at radius 1 is 1.75 bits per heavy atom. The highest BCUT2D eigenvalue weighted by atomic mass is 16.5. The minimum atomic E-state index is 0.0173. The van der Waals surface area contributed by atoms with E-state index in [0.29, 0.717) is 6.61 Å². The molecule has 0 aliphatic carbocycles. The van der Waals surface area contributed by atoms with Crippen LogP contribution in [0.25, 0.3) is 0 Å². The molecule has 3 N–H and O–H groups in total. The van der Waals surface area contributed by atoms with E-state index in [1.165, 1.54) is 0 Å². The third-order valence-electron chi connectivity index (χ3n) is 1.62. The SMILES string of the molecule is COCC(NN)c1cccnc1. The molecule has 1 atom stereocenters. The molecule has 0 aliphatic heterocycles. The molecule has 12 heavy (non-hydrogen) atoms. The van der Waals surface area contributed by atoms with Gasteiger partial charge in [0.25, 0.3) is 0 Å². The molecule has 1 unspecified atom stereocenters. The molecule has 1 aromatic rings. The first-order valence-electron chi connectivity index (χ1n) is 3.73. The maximum Gasteiger partial charge on any atom is 0.0708 e. The zero-order chi connectivity index (χ0) is 8.81. The molecule has 1 heterocycles. The molecule has 0 amide bonds. The third kappa shape index (κ3) is 2.27. The quantitative estimate of drug-likeness (QED) is 0.498. The van der Waals surface area contributed by atoms with Crippen LogP contribution in [0.1, 0.15) is 11.6 Å². The van der Waals surface area contributed by atoms with Gasteiger partial charge in [-0.1, -0.05) is 6.07 Å². The van der Waals surface area contributed by atoms with Gasteiger partial charge in [-0.3, -0.25) is 16.3 Å². The average molecular weight is 167 g/mol. The highest BCUT2D eigenvalue weighted by molar-refractivity contribution is 5.13. The molecule has 4 heteroatoms. The van der Waals surface area contributed by atoms with Gasteiger partial charge < -0.3 is 4.74 Å². The van der Waals surface area contributed by atoms with E-state index >= 15 is 0 Å². The smallest absolute Gasteiger partial charge is 0.0708 e. The Balaban J connectivity index is 2.66. The van der Waals surface area contributed by atoms with E-state index in [0.717, 1.165) is 5.56 Å². The highest BCUT2D eigenvalue weighted by Gasteiger charge is 2.07. The Kier molecular flexibility index (Phi) is 3.66. The number of hydrazine groups is 1. The summed E-state index contributed by atoms with van der Waals surface area (Å²) >= 11 is 0. The van der Waals surface area contributed by atoms with Gasteiger partial charge in [0.2, 0.25) is 0 Å². The second-order valence-electron chi connectivity index (χ2n) is 2.46. The fourth-order valence-electron chi connectivity index (χ4n) is 0.989. The van der Waals surface area contributed by atoms with Crippen LogP contribution in [0.3, 0.4) is 0 Å². The van der Waals surface area contributed by atoms with Crippen LogP contribution in [0.15, 0.2) is 24.5 Å². The van der Waals surface area contributed by atoms with E-state index in [9.17, 15) is 0 Å². The Morgan fingerprint density at radius 3 is 3.08 bits per heavy atom. The highest BCUT2D eigenvalue weighted by Crippen LogP contribution is 2.09. The van der Waals surface area contributed by atoms with Crippen LogP contribution in [0, 0.1) is 0 Å². The Morgan fingerprint density at radius 2 is 2.58 bits per heavy atom. The lowest BCUT2D eigenvalue weighted by molar-refractivity contribution is 0.167. The largest absolute Gasteiger partial charge is 0.383 e. The monoisotopic (exact) mass is 167 g/mol. The van der Waals surface area contributed by atoms with Gasteiger partial charge in [0.1, 0.15) is 0 Å². The maximum atomic E-state index is 5.33. The van der Waals surface area contributed by atoms with E-state index in [1.54, 1.807) is 19.5 Å². The predicted molar refractivity (Wildman–Crippen MR) is 46.2 cm³/mol. The molecule has 0 fully saturated rings. The molecule has 0 aromatic carbocycles. The van der Waals surface area contributed by atoms with E-state index in [4.69, 9.17) is 10.6 Å². The second-order valence-corrected chi connectivity index (χ2v) is 2.46. The summed E-state index contributed by atoms with van der Waals surface area (Å²) in [5.74, 6) is 5.33. The third-order valence-corrected chi connectivity index (χ3v) is 1.62. The number of hydrogen-bond acceptors (Lipinski definition) is 4. The summed E-state index contributed by atoms with van der Waals surface area (Å²) in [6, 6.07) is 3.84. The first-order valence-corrected chi connectivity index (χ1v) is 3.73. The fraction of sp³-hybridized carbons (Fsp3) is 0.375. The van der Waals surface area contributed by atoms with Gasteiger partial charge in [-0.15, -0.1) is 0 Å². The van der Waals surface area contributed by atoms with Crippen molar-refractivity contribution in [3.8, 4) is 0 Å². The van der Waals surface area contributed by atoms with Crippen molar-refractivity contribution in [3.63, 3.8) is 0 Å². The van der Waals surface area contributed by atoms with Crippen LogP contribution in [-0.2, 0) is 4.74 Å². The zero-order valence-corrected chi connectivity index (χ0v) is 7.03. The minimum Gasteiger partial charge on any atom is -0.383 e. The number of methoxy groups -OCH3 is 1. The summed E-state index contributed by atoms with van der Waals surface area (Å²) in [5.41, 5.74) is 3.68. The van der Waals surface area contributed by atoms with Gasteiger partial charge in [0.05, 0.1) is 12.6 Å². The lowest BCUT2D eigenvalue weighted by Gasteiger charge is -2.13. The number of pyridine rings is 1. The molecule has 0 spiro atoms. The number of ether oxygens (including phenoxy) is 1. The molecule has 0 saturated carbocycles. The summed E-state index contributed by atoms with van der Waals surface area (Å²) in [6.07, 6.45) is 3.49. The van der Waals surface area contributed by atoms with Crippen molar-refractivity contribution in [2.75, 3.05) is 13.7 Å². The molecule has 66 valence electrons. The van der Waals surface area contributed by atoms with E-state index in [1.807, 2.05) is 12.1 Å². The van der Waals surface area contributed by atoms with Crippen LogP contribution in [-0.4, -0.2) is 18.7 Å². The van der Waals surface area contributed by atoms with Crippen LogP contribution < -0.4 is 11.3 Å². The molecule has 0 saturated heterocycles. The zero-order valence-electron chi connectivity index (χ0n) is 7.03. The standard InChI is InChI=1S/C8H13N3O/c1-12-6-8(11-9)7-3-2-4-10-5-7/h2-5,8,11H,6,9H2,1H3. The van der Waals surface area contributed by atoms with Crippen molar-refractivity contribution >= 4 is 0 Å². The molecular formula is C8H13N3O. The van der Waals surface area contributed by atoms with Gasteiger partial charge in [0.15, 0.2) is 0 Å². The molecule has 0 aliphatic rings. The Bertz CT molecular complexity index is 215. The second kappa shape index (κ2) is 4.82. The van der Waals surface area contributed by atoms with E-state index < -0.39 is 0 Å². The molecule has 1 aromatic heterocycles. The van der Waals surface area contributed by atoms with Crippen molar-refractivity contribution in [3.05, 3.63) is 30.1 Å². The van der Waals surface area contributed by atoms with Crippen molar-refractivity contribution < 1.29 is 4.74 Å². The van der Waals surface area contributed by atoms with E-state index in [-0.39, 0.29) is 6.04 Å². The Hall–Kier alpha value is -0.970. The van der Waals surface area contributed by atoms with Gasteiger partial charge in [0, 0.05) is 19.5 Å². The normalized spacial score (nSPS) is 12.8. The molecular weight excluding hydrogens is 154 g/mol. The summed E-state index contributed by atoms with van der Waals surface area (Å²) in [7, 11) is 1.64. The summed E-state index contributed by atoms with van der Waals surface area (Å²) in [6.45, 7) is 0.544. The Labute approximate surface area is 71.7 Å². The number of rotatable bonds is 4. The van der Waals surface area contributed by atoms with Crippen molar-refractivity contribution in [2.45, 2.75) is 6.04 Å². The summed E-state index contributed by atoms with van der Waals surface area (Å²) in [5, 5.41) is 0. The van der Waals surface area contributed by atoms with Gasteiger partial charge in [-0.2, -0.15) is 0 Å². The minimum absolute atomic E-state index is 0.0173.